The van der Waals surface area contributed by atoms with E-state index in [1.807, 2.05) is 36.4 Å². The summed E-state index contributed by atoms with van der Waals surface area (Å²) in [6, 6.07) is 12.8. The van der Waals surface area contributed by atoms with E-state index < -0.39 is 0 Å². The van der Waals surface area contributed by atoms with Crippen molar-refractivity contribution in [1.82, 2.24) is 30.2 Å². The van der Waals surface area contributed by atoms with Gasteiger partial charge in [0.1, 0.15) is 30.3 Å². The molecule has 0 bridgehead atoms. The first-order chi connectivity index (χ1) is 12.3. The Morgan fingerprint density at radius 3 is 2.88 bits per heavy atom. The molecule has 2 aromatic carbocycles. The number of aromatic amines is 1. The Labute approximate surface area is 142 Å². The zero-order valence-electron chi connectivity index (χ0n) is 13.2. The van der Waals surface area contributed by atoms with Crippen LogP contribution in [0.4, 0.5) is 0 Å². The molecule has 0 amide bonds. The van der Waals surface area contributed by atoms with E-state index >= 15 is 0 Å². The van der Waals surface area contributed by atoms with Gasteiger partial charge in [-0.3, -0.25) is 0 Å². The maximum absolute atomic E-state index is 12.5. The van der Waals surface area contributed by atoms with Gasteiger partial charge in [-0.1, -0.05) is 24.3 Å². The number of fused-ring (bicyclic) bond motifs is 1. The summed E-state index contributed by atoms with van der Waals surface area (Å²) in [4.78, 5) is 16.4. The van der Waals surface area contributed by atoms with Crippen LogP contribution < -0.4 is 0 Å². The SMILES string of the molecule is O=C(OCc1ccc2n[nH]nc2c1)c1ccccc1Cn1cncn1. The largest absolute Gasteiger partial charge is 0.457 e. The molecule has 2 aromatic heterocycles. The molecule has 0 aliphatic rings. The van der Waals surface area contributed by atoms with Crippen molar-refractivity contribution in [3.8, 4) is 0 Å². The molecule has 0 saturated carbocycles. The highest BCUT2D eigenvalue weighted by Crippen LogP contribution is 2.15. The molecule has 0 aliphatic carbocycles. The standard InChI is InChI=1S/C17H14N6O2/c24-17(25-9-12-5-6-15-16(7-12)21-22-20-15)14-4-2-1-3-13(14)8-23-11-18-10-19-23/h1-7,10-11H,8-9H2,(H,20,21,22). The van der Waals surface area contributed by atoms with Crippen LogP contribution in [0.25, 0.3) is 11.0 Å². The third-order valence-electron chi connectivity index (χ3n) is 3.79. The fraction of sp³-hybridized carbons (Fsp3) is 0.118. The summed E-state index contributed by atoms with van der Waals surface area (Å²) < 4.78 is 7.11. The lowest BCUT2D eigenvalue weighted by Crippen LogP contribution is -2.11. The van der Waals surface area contributed by atoms with Gasteiger partial charge in [0.05, 0.1) is 12.1 Å². The zero-order chi connectivity index (χ0) is 17.1. The van der Waals surface area contributed by atoms with Gasteiger partial charge in [-0.2, -0.15) is 20.5 Å². The minimum Gasteiger partial charge on any atom is -0.457 e. The van der Waals surface area contributed by atoms with Crippen molar-refractivity contribution in [3.63, 3.8) is 0 Å². The number of carbonyl (C=O) groups excluding carboxylic acids is 1. The average molecular weight is 334 g/mol. The second kappa shape index (κ2) is 6.52. The first kappa shape index (κ1) is 15.0. The summed E-state index contributed by atoms with van der Waals surface area (Å²) in [5.74, 6) is -0.379. The van der Waals surface area contributed by atoms with Gasteiger partial charge in [-0.25, -0.2) is 14.5 Å². The van der Waals surface area contributed by atoms with E-state index in [9.17, 15) is 4.79 Å². The predicted molar refractivity (Wildman–Crippen MR) is 88.6 cm³/mol. The van der Waals surface area contributed by atoms with Crippen LogP contribution in [0, 0.1) is 0 Å². The Hall–Kier alpha value is -3.55. The third-order valence-corrected chi connectivity index (χ3v) is 3.79. The fourth-order valence-corrected chi connectivity index (χ4v) is 2.55. The van der Waals surface area contributed by atoms with Gasteiger partial charge < -0.3 is 4.74 Å². The number of hydrogen-bond acceptors (Lipinski definition) is 6. The summed E-state index contributed by atoms with van der Waals surface area (Å²) >= 11 is 0. The van der Waals surface area contributed by atoms with Crippen LogP contribution in [0.1, 0.15) is 21.5 Å². The van der Waals surface area contributed by atoms with Gasteiger partial charge >= 0.3 is 5.97 Å². The highest BCUT2D eigenvalue weighted by Gasteiger charge is 2.13. The third kappa shape index (κ3) is 3.23. The summed E-state index contributed by atoms with van der Waals surface area (Å²) in [6.07, 6.45) is 3.07. The van der Waals surface area contributed by atoms with E-state index in [0.29, 0.717) is 12.1 Å². The summed E-state index contributed by atoms with van der Waals surface area (Å²) in [5.41, 5.74) is 3.70. The molecular weight excluding hydrogens is 320 g/mol. The number of H-pyrrole nitrogens is 1. The number of nitrogens with zero attached hydrogens (tertiary/aromatic N) is 5. The number of benzene rings is 2. The molecule has 0 radical (unpaired) electrons. The molecule has 25 heavy (non-hydrogen) atoms. The minimum absolute atomic E-state index is 0.166. The quantitative estimate of drug-likeness (QED) is 0.560. The van der Waals surface area contributed by atoms with E-state index in [4.69, 9.17) is 4.74 Å². The van der Waals surface area contributed by atoms with E-state index in [1.54, 1.807) is 17.1 Å². The average Bonchev–Trinajstić information content (AvgIpc) is 3.31. The lowest BCUT2D eigenvalue weighted by Gasteiger charge is -2.09. The van der Waals surface area contributed by atoms with Crippen LogP contribution in [-0.4, -0.2) is 36.1 Å². The molecule has 8 nitrogen and oxygen atoms in total. The van der Waals surface area contributed by atoms with Gasteiger partial charge in [0.15, 0.2) is 0 Å². The molecule has 2 heterocycles. The predicted octanol–water partition coefficient (Wildman–Crippen LogP) is 1.95. The van der Waals surface area contributed by atoms with Gasteiger partial charge in [-0.15, -0.1) is 0 Å². The van der Waals surface area contributed by atoms with Crippen molar-refractivity contribution in [2.24, 2.45) is 0 Å². The minimum atomic E-state index is -0.379. The molecule has 4 aromatic rings. The van der Waals surface area contributed by atoms with E-state index in [-0.39, 0.29) is 12.6 Å². The smallest absolute Gasteiger partial charge is 0.338 e. The summed E-state index contributed by atoms with van der Waals surface area (Å²) in [6.45, 7) is 0.621. The molecule has 0 unspecified atom stereocenters. The van der Waals surface area contributed by atoms with Gasteiger partial charge in [0.2, 0.25) is 0 Å². The normalized spacial score (nSPS) is 10.9. The maximum atomic E-state index is 12.5. The first-order valence-corrected chi connectivity index (χ1v) is 7.66. The van der Waals surface area contributed by atoms with Crippen LogP contribution in [0.2, 0.25) is 0 Å². The van der Waals surface area contributed by atoms with Crippen molar-refractivity contribution in [2.75, 3.05) is 0 Å². The van der Waals surface area contributed by atoms with E-state index in [0.717, 1.165) is 22.2 Å². The monoisotopic (exact) mass is 334 g/mol. The van der Waals surface area contributed by atoms with E-state index in [1.165, 1.54) is 6.33 Å². The topological polar surface area (TPSA) is 98.6 Å². The number of carbonyl (C=O) groups is 1. The van der Waals surface area contributed by atoms with Crippen molar-refractivity contribution in [2.45, 2.75) is 13.2 Å². The molecule has 0 aliphatic heterocycles. The summed E-state index contributed by atoms with van der Waals surface area (Å²) in [5, 5.41) is 14.7. The van der Waals surface area contributed by atoms with Crippen molar-refractivity contribution < 1.29 is 9.53 Å². The second-order valence-corrected chi connectivity index (χ2v) is 5.47. The van der Waals surface area contributed by atoms with Crippen LogP contribution in [0.15, 0.2) is 55.1 Å². The molecule has 0 atom stereocenters. The van der Waals surface area contributed by atoms with Gasteiger partial charge in [-0.05, 0) is 29.3 Å². The number of aromatic nitrogens is 6. The molecule has 4 rings (SSSR count). The highest BCUT2D eigenvalue weighted by atomic mass is 16.5. The molecule has 124 valence electrons. The number of nitrogens with one attached hydrogen (secondary N) is 1. The molecule has 0 spiro atoms. The Kier molecular flexibility index (Phi) is 3.91. The van der Waals surface area contributed by atoms with E-state index in [2.05, 4.69) is 25.5 Å². The number of rotatable bonds is 5. The van der Waals surface area contributed by atoms with Gasteiger partial charge in [0, 0.05) is 0 Å². The first-order valence-electron chi connectivity index (χ1n) is 7.66. The summed E-state index contributed by atoms with van der Waals surface area (Å²) in [7, 11) is 0. The molecule has 8 heteroatoms. The lowest BCUT2D eigenvalue weighted by atomic mass is 10.1. The Morgan fingerprint density at radius 1 is 1.12 bits per heavy atom. The molecule has 1 N–H and O–H groups in total. The maximum Gasteiger partial charge on any atom is 0.338 e. The zero-order valence-corrected chi connectivity index (χ0v) is 13.2. The van der Waals surface area contributed by atoms with Crippen LogP contribution >= 0.6 is 0 Å². The Bertz CT molecular complexity index is 1010. The number of esters is 1. The molecule has 0 fully saturated rings. The number of hydrogen-bond donors (Lipinski definition) is 1. The van der Waals surface area contributed by atoms with Gasteiger partial charge in [0.25, 0.3) is 0 Å². The lowest BCUT2D eigenvalue weighted by molar-refractivity contribution is 0.0471. The highest BCUT2D eigenvalue weighted by molar-refractivity contribution is 5.91. The van der Waals surface area contributed by atoms with Crippen molar-refractivity contribution in [1.29, 1.82) is 0 Å². The molecular formula is C17H14N6O2. The number of ether oxygens (including phenoxy) is 1. The van der Waals surface area contributed by atoms with Crippen molar-refractivity contribution >= 4 is 17.0 Å². The fourth-order valence-electron chi connectivity index (χ4n) is 2.55. The Balaban J connectivity index is 1.49. The Morgan fingerprint density at radius 2 is 2.00 bits per heavy atom. The van der Waals surface area contributed by atoms with Crippen molar-refractivity contribution in [3.05, 3.63) is 71.8 Å². The van der Waals surface area contributed by atoms with Crippen LogP contribution in [0.3, 0.4) is 0 Å². The molecule has 0 saturated heterocycles. The van der Waals surface area contributed by atoms with Crippen LogP contribution in [0.5, 0.6) is 0 Å². The second-order valence-electron chi connectivity index (χ2n) is 5.47. The van der Waals surface area contributed by atoms with Crippen LogP contribution in [-0.2, 0) is 17.9 Å².